The van der Waals surface area contributed by atoms with Crippen molar-refractivity contribution in [1.29, 1.82) is 0 Å². The van der Waals surface area contributed by atoms with Crippen LogP contribution in [0.1, 0.15) is 6.42 Å². The van der Waals surface area contributed by atoms with Crippen molar-refractivity contribution in [3.63, 3.8) is 0 Å². The summed E-state index contributed by atoms with van der Waals surface area (Å²) in [5.41, 5.74) is 8.02. The number of nitrogens with zero attached hydrogens (tertiary/aromatic N) is 3. The Morgan fingerprint density at radius 1 is 1.11 bits per heavy atom. The Morgan fingerprint density at radius 2 is 2.06 bits per heavy atom. The van der Waals surface area contributed by atoms with Crippen LogP contribution in [0.5, 0.6) is 0 Å². The largest absolute Gasteiger partial charge is 0.397 e. The molecule has 0 fully saturated rings. The standard InChI is InChI=1S/C14H16N4/c15-13-4-1-3-12-5-9-18(14(12)13)8-2-7-17-10-6-16-11-17/h1,3-6,9-11H,2,7-8,15H2. The fraction of sp³-hybridized carbons (Fsp3) is 0.214. The van der Waals surface area contributed by atoms with Gasteiger partial charge in [0.05, 0.1) is 17.5 Å². The molecule has 0 aliphatic carbocycles. The van der Waals surface area contributed by atoms with Gasteiger partial charge in [0.1, 0.15) is 0 Å². The number of hydrogen-bond donors (Lipinski definition) is 1. The molecule has 1 aromatic carbocycles. The maximum absolute atomic E-state index is 6.03. The fourth-order valence-corrected chi connectivity index (χ4v) is 2.32. The van der Waals surface area contributed by atoms with Crippen molar-refractivity contribution in [3.8, 4) is 0 Å². The molecule has 0 radical (unpaired) electrons. The van der Waals surface area contributed by atoms with Crippen molar-refractivity contribution >= 4 is 16.6 Å². The Balaban J connectivity index is 1.75. The predicted octanol–water partition coefficient (Wildman–Crippen LogP) is 2.51. The van der Waals surface area contributed by atoms with Crippen LogP contribution in [0.2, 0.25) is 0 Å². The molecule has 18 heavy (non-hydrogen) atoms. The van der Waals surface area contributed by atoms with E-state index in [1.54, 1.807) is 0 Å². The SMILES string of the molecule is Nc1cccc2ccn(CCCn3ccnc3)c12. The van der Waals surface area contributed by atoms with Gasteiger partial charge in [-0.25, -0.2) is 4.98 Å². The highest BCUT2D eigenvalue weighted by molar-refractivity contribution is 5.90. The van der Waals surface area contributed by atoms with Crippen LogP contribution in [0.3, 0.4) is 0 Å². The number of nitrogens with two attached hydrogens (primary N) is 1. The Labute approximate surface area is 106 Å². The molecule has 0 saturated heterocycles. The lowest BCUT2D eigenvalue weighted by molar-refractivity contribution is 0.573. The van der Waals surface area contributed by atoms with Crippen molar-refractivity contribution in [3.05, 3.63) is 49.2 Å². The van der Waals surface area contributed by atoms with Crippen LogP contribution in [-0.2, 0) is 13.1 Å². The molecule has 0 aliphatic rings. The van der Waals surface area contributed by atoms with Gasteiger partial charge in [0, 0.05) is 37.1 Å². The first-order valence-corrected chi connectivity index (χ1v) is 6.14. The van der Waals surface area contributed by atoms with Crippen molar-refractivity contribution < 1.29 is 0 Å². The Morgan fingerprint density at radius 3 is 2.89 bits per heavy atom. The minimum atomic E-state index is 0.847. The summed E-state index contributed by atoms with van der Waals surface area (Å²) in [4.78, 5) is 4.04. The number of fused-ring (bicyclic) bond motifs is 1. The van der Waals surface area contributed by atoms with E-state index in [1.807, 2.05) is 30.9 Å². The minimum Gasteiger partial charge on any atom is -0.397 e. The fourth-order valence-electron chi connectivity index (χ4n) is 2.32. The van der Waals surface area contributed by atoms with E-state index < -0.39 is 0 Å². The van der Waals surface area contributed by atoms with Gasteiger partial charge in [-0.15, -0.1) is 0 Å². The molecule has 0 atom stereocenters. The summed E-state index contributed by atoms with van der Waals surface area (Å²) in [6, 6.07) is 8.16. The number of anilines is 1. The highest BCUT2D eigenvalue weighted by Crippen LogP contribution is 2.22. The van der Waals surface area contributed by atoms with E-state index in [1.165, 1.54) is 5.39 Å². The van der Waals surface area contributed by atoms with Crippen LogP contribution in [0.15, 0.2) is 49.2 Å². The summed E-state index contributed by atoms with van der Waals surface area (Å²) in [5, 5.41) is 1.21. The van der Waals surface area contributed by atoms with Crippen molar-refractivity contribution in [1.82, 2.24) is 14.1 Å². The van der Waals surface area contributed by atoms with Crippen LogP contribution in [-0.4, -0.2) is 14.1 Å². The molecule has 0 bridgehead atoms. The van der Waals surface area contributed by atoms with E-state index in [0.717, 1.165) is 30.7 Å². The number of nitrogen functional groups attached to an aromatic ring is 1. The van der Waals surface area contributed by atoms with Gasteiger partial charge in [-0.05, 0) is 18.6 Å². The lowest BCUT2D eigenvalue weighted by Gasteiger charge is -2.07. The van der Waals surface area contributed by atoms with Gasteiger partial charge >= 0.3 is 0 Å². The number of para-hydroxylation sites is 1. The third kappa shape index (κ3) is 1.97. The van der Waals surface area contributed by atoms with Gasteiger partial charge in [0.15, 0.2) is 0 Å². The molecule has 0 aliphatic heterocycles. The van der Waals surface area contributed by atoms with Crippen LogP contribution < -0.4 is 5.73 Å². The second-order valence-electron chi connectivity index (χ2n) is 4.45. The minimum absolute atomic E-state index is 0.847. The smallest absolute Gasteiger partial charge is 0.0945 e. The Kier molecular flexibility index (Phi) is 2.76. The van der Waals surface area contributed by atoms with E-state index in [2.05, 4.69) is 32.4 Å². The first-order valence-electron chi connectivity index (χ1n) is 6.14. The second-order valence-corrected chi connectivity index (χ2v) is 4.45. The number of benzene rings is 1. The van der Waals surface area contributed by atoms with Gasteiger partial charge in [0.25, 0.3) is 0 Å². The zero-order valence-electron chi connectivity index (χ0n) is 10.2. The summed E-state index contributed by atoms with van der Waals surface area (Å²) in [6.45, 7) is 1.95. The van der Waals surface area contributed by atoms with Gasteiger partial charge < -0.3 is 14.9 Å². The summed E-state index contributed by atoms with van der Waals surface area (Å²) >= 11 is 0. The molecule has 0 spiro atoms. The molecular weight excluding hydrogens is 224 g/mol. The Bertz CT molecular complexity index is 637. The van der Waals surface area contributed by atoms with E-state index in [9.17, 15) is 0 Å². The van der Waals surface area contributed by atoms with Crippen molar-refractivity contribution in [2.75, 3.05) is 5.73 Å². The molecule has 0 unspecified atom stereocenters. The highest BCUT2D eigenvalue weighted by Gasteiger charge is 2.03. The number of hydrogen-bond acceptors (Lipinski definition) is 2. The monoisotopic (exact) mass is 240 g/mol. The number of aromatic nitrogens is 3. The second kappa shape index (κ2) is 4.56. The maximum Gasteiger partial charge on any atom is 0.0945 e. The molecule has 3 rings (SSSR count). The van der Waals surface area contributed by atoms with Gasteiger partial charge in [-0.1, -0.05) is 12.1 Å². The van der Waals surface area contributed by atoms with Gasteiger partial charge in [-0.3, -0.25) is 0 Å². The van der Waals surface area contributed by atoms with E-state index in [4.69, 9.17) is 5.73 Å². The molecule has 0 amide bonds. The summed E-state index contributed by atoms with van der Waals surface area (Å²) in [6.07, 6.45) is 8.82. The molecule has 3 aromatic rings. The lowest BCUT2D eigenvalue weighted by Crippen LogP contribution is -2.03. The lowest BCUT2D eigenvalue weighted by atomic mass is 10.2. The average Bonchev–Trinajstić information content (AvgIpc) is 3.00. The third-order valence-electron chi connectivity index (χ3n) is 3.19. The highest BCUT2D eigenvalue weighted by atomic mass is 15.0. The van der Waals surface area contributed by atoms with Crippen LogP contribution in [0, 0.1) is 0 Å². The Hall–Kier alpha value is -2.23. The molecule has 92 valence electrons. The zero-order chi connectivity index (χ0) is 12.4. The molecule has 0 saturated carbocycles. The topological polar surface area (TPSA) is 48.8 Å². The van der Waals surface area contributed by atoms with Crippen molar-refractivity contribution in [2.45, 2.75) is 19.5 Å². The molecule has 2 aromatic heterocycles. The van der Waals surface area contributed by atoms with E-state index in [-0.39, 0.29) is 0 Å². The molecule has 4 nitrogen and oxygen atoms in total. The van der Waals surface area contributed by atoms with E-state index >= 15 is 0 Å². The zero-order valence-corrected chi connectivity index (χ0v) is 10.2. The number of imidazole rings is 1. The first-order chi connectivity index (χ1) is 8.84. The van der Waals surface area contributed by atoms with Crippen LogP contribution >= 0.6 is 0 Å². The third-order valence-corrected chi connectivity index (χ3v) is 3.19. The summed E-state index contributed by atoms with van der Waals surface area (Å²) in [7, 11) is 0. The molecule has 2 N–H and O–H groups in total. The first kappa shape index (κ1) is 10.9. The maximum atomic E-state index is 6.03. The normalized spacial score (nSPS) is 11.1. The molecular formula is C14H16N4. The molecule has 4 heteroatoms. The predicted molar refractivity (Wildman–Crippen MR) is 73.2 cm³/mol. The average molecular weight is 240 g/mol. The van der Waals surface area contributed by atoms with Gasteiger partial charge in [-0.2, -0.15) is 0 Å². The summed E-state index contributed by atoms with van der Waals surface area (Å²) < 4.78 is 4.32. The van der Waals surface area contributed by atoms with Gasteiger partial charge in [0.2, 0.25) is 0 Å². The van der Waals surface area contributed by atoms with E-state index in [0.29, 0.717) is 0 Å². The molecule has 2 heterocycles. The van der Waals surface area contributed by atoms with Crippen molar-refractivity contribution in [2.24, 2.45) is 0 Å². The summed E-state index contributed by atoms with van der Waals surface area (Å²) in [5.74, 6) is 0. The number of rotatable bonds is 4. The van der Waals surface area contributed by atoms with Crippen LogP contribution in [0.4, 0.5) is 5.69 Å². The van der Waals surface area contributed by atoms with Crippen LogP contribution in [0.25, 0.3) is 10.9 Å². The number of aryl methyl sites for hydroxylation is 2. The quantitative estimate of drug-likeness (QED) is 0.712.